The van der Waals surface area contributed by atoms with Crippen LogP contribution in [0.1, 0.15) is 28.9 Å². The number of piperidine rings is 1. The summed E-state index contributed by atoms with van der Waals surface area (Å²) in [5, 5.41) is 0. The van der Waals surface area contributed by atoms with Gasteiger partial charge in [0.1, 0.15) is 6.10 Å². The Morgan fingerprint density at radius 2 is 1.84 bits per heavy atom. The Balaban J connectivity index is 1.38. The summed E-state index contributed by atoms with van der Waals surface area (Å²) in [4.78, 5) is 24.0. The molecular formula is C21H23F3N4O3. The highest BCUT2D eigenvalue weighted by Crippen LogP contribution is 2.28. The maximum atomic E-state index is 12.9. The van der Waals surface area contributed by atoms with Crippen LogP contribution in [0.15, 0.2) is 36.5 Å². The first-order chi connectivity index (χ1) is 14.9. The van der Waals surface area contributed by atoms with E-state index in [0.29, 0.717) is 38.2 Å². The molecule has 2 saturated heterocycles. The van der Waals surface area contributed by atoms with E-state index in [4.69, 9.17) is 9.47 Å². The fourth-order valence-electron chi connectivity index (χ4n) is 3.74. The van der Waals surface area contributed by atoms with Crippen molar-refractivity contribution in [1.29, 1.82) is 0 Å². The third-order valence-electron chi connectivity index (χ3n) is 5.35. The topological polar surface area (TPSA) is 67.8 Å². The standard InChI is InChI=1S/C21H23F3N4O3/c22-21(23,24)18-7-8-25-20(26-18)31-17-2-1-9-28(14-17)19(29)15-3-5-16(6-4-15)27-10-12-30-13-11-27/h3-8,17H,1-2,9-14H2. The number of carbonyl (C=O) groups is 1. The van der Waals surface area contributed by atoms with E-state index in [1.54, 1.807) is 17.0 Å². The molecule has 0 radical (unpaired) electrons. The number of halogens is 3. The lowest BCUT2D eigenvalue weighted by atomic mass is 10.1. The van der Waals surface area contributed by atoms with Crippen LogP contribution in [0, 0.1) is 0 Å². The van der Waals surface area contributed by atoms with Crippen molar-refractivity contribution in [3.05, 3.63) is 47.8 Å². The van der Waals surface area contributed by atoms with Gasteiger partial charge in [0.25, 0.3) is 5.91 Å². The fourth-order valence-corrected chi connectivity index (χ4v) is 3.74. The molecule has 2 fully saturated rings. The van der Waals surface area contributed by atoms with E-state index < -0.39 is 18.0 Å². The molecular weight excluding hydrogens is 413 g/mol. The van der Waals surface area contributed by atoms with E-state index in [2.05, 4.69) is 14.9 Å². The molecule has 0 aliphatic carbocycles. The first kappa shape index (κ1) is 21.4. The number of amides is 1. The minimum absolute atomic E-state index is 0.133. The zero-order valence-corrected chi connectivity index (χ0v) is 16.8. The number of morpholine rings is 1. The molecule has 1 unspecified atom stereocenters. The van der Waals surface area contributed by atoms with Crippen molar-refractivity contribution in [2.45, 2.75) is 25.1 Å². The van der Waals surface area contributed by atoms with E-state index in [9.17, 15) is 18.0 Å². The number of hydrogen-bond acceptors (Lipinski definition) is 6. The van der Waals surface area contributed by atoms with Gasteiger partial charge in [-0.2, -0.15) is 18.2 Å². The summed E-state index contributed by atoms with van der Waals surface area (Å²) in [5.74, 6) is -0.133. The van der Waals surface area contributed by atoms with Gasteiger partial charge in [-0.3, -0.25) is 4.79 Å². The van der Waals surface area contributed by atoms with Gasteiger partial charge in [-0.05, 0) is 43.2 Å². The molecule has 1 amide bonds. The number of hydrogen-bond donors (Lipinski definition) is 0. The molecule has 4 rings (SSSR count). The summed E-state index contributed by atoms with van der Waals surface area (Å²) in [5.41, 5.74) is 0.552. The van der Waals surface area contributed by atoms with Gasteiger partial charge in [0.2, 0.25) is 0 Å². The van der Waals surface area contributed by atoms with Gasteiger partial charge in [-0.15, -0.1) is 0 Å². The van der Waals surface area contributed by atoms with Crippen LogP contribution in [-0.2, 0) is 10.9 Å². The molecule has 0 saturated carbocycles. The number of rotatable bonds is 4. The number of benzene rings is 1. The fraction of sp³-hybridized carbons (Fsp3) is 0.476. The zero-order chi connectivity index (χ0) is 21.8. The lowest BCUT2D eigenvalue weighted by Gasteiger charge is -2.32. The van der Waals surface area contributed by atoms with Crippen LogP contribution in [0.2, 0.25) is 0 Å². The van der Waals surface area contributed by atoms with Gasteiger partial charge in [0, 0.05) is 37.1 Å². The second-order valence-electron chi connectivity index (χ2n) is 7.50. The molecule has 166 valence electrons. The zero-order valence-electron chi connectivity index (χ0n) is 16.8. The average Bonchev–Trinajstić information content (AvgIpc) is 2.79. The van der Waals surface area contributed by atoms with E-state index in [0.717, 1.165) is 31.0 Å². The Kier molecular flexibility index (Phi) is 6.26. The molecule has 2 aromatic rings. The Morgan fingerprint density at radius 1 is 1.10 bits per heavy atom. The highest BCUT2D eigenvalue weighted by Gasteiger charge is 2.33. The number of nitrogens with zero attached hydrogens (tertiary/aromatic N) is 4. The summed E-state index contributed by atoms with van der Waals surface area (Å²) < 4.78 is 49.5. The monoisotopic (exact) mass is 436 g/mol. The van der Waals surface area contributed by atoms with Crippen molar-refractivity contribution in [3.8, 4) is 6.01 Å². The largest absolute Gasteiger partial charge is 0.458 e. The predicted octanol–water partition coefficient (Wildman–Crippen LogP) is 3.02. The molecule has 0 spiro atoms. The Bertz CT molecular complexity index is 901. The van der Waals surface area contributed by atoms with Crippen molar-refractivity contribution < 1.29 is 27.4 Å². The van der Waals surface area contributed by atoms with Crippen LogP contribution in [0.3, 0.4) is 0 Å². The molecule has 2 aliphatic heterocycles. The van der Waals surface area contributed by atoms with Crippen LogP contribution in [0.4, 0.5) is 18.9 Å². The second-order valence-corrected chi connectivity index (χ2v) is 7.50. The maximum Gasteiger partial charge on any atom is 0.433 e. The number of aromatic nitrogens is 2. The maximum absolute atomic E-state index is 12.9. The van der Waals surface area contributed by atoms with E-state index in [1.807, 2.05) is 12.1 Å². The van der Waals surface area contributed by atoms with E-state index in [-0.39, 0.29) is 18.5 Å². The van der Waals surface area contributed by atoms with Crippen LogP contribution in [-0.4, -0.2) is 66.3 Å². The van der Waals surface area contributed by atoms with Gasteiger partial charge in [-0.1, -0.05) is 0 Å². The van der Waals surface area contributed by atoms with Crippen LogP contribution in [0.5, 0.6) is 6.01 Å². The van der Waals surface area contributed by atoms with Crippen LogP contribution < -0.4 is 9.64 Å². The van der Waals surface area contributed by atoms with Crippen molar-refractivity contribution in [3.63, 3.8) is 0 Å². The number of alkyl halides is 3. The average molecular weight is 436 g/mol. The first-order valence-corrected chi connectivity index (χ1v) is 10.2. The van der Waals surface area contributed by atoms with Gasteiger partial charge in [0.05, 0.1) is 19.8 Å². The van der Waals surface area contributed by atoms with Crippen molar-refractivity contribution in [2.75, 3.05) is 44.3 Å². The molecule has 0 bridgehead atoms. The number of anilines is 1. The van der Waals surface area contributed by atoms with Crippen molar-refractivity contribution >= 4 is 11.6 Å². The highest BCUT2D eigenvalue weighted by atomic mass is 19.4. The number of carbonyl (C=O) groups excluding carboxylic acids is 1. The quantitative estimate of drug-likeness (QED) is 0.734. The van der Waals surface area contributed by atoms with Crippen LogP contribution in [0.25, 0.3) is 0 Å². The number of ether oxygens (including phenoxy) is 2. The molecule has 10 heteroatoms. The van der Waals surface area contributed by atoms with Gasteiger partial charge in [0.15, 0.2) is 5.69 Å². The normalized spacial score (nSPS) is 19.9. The lowest BCUT2D eigenvalue weighted by Crippen LogP contribution is -2.44. The van der Waals surface area contributed by atoms with E-state index >= 15 is 0 Å². The third-order valence-corrected chi connectivity index (χ3v) is 5.35. The molecule has 1 aromatic carbocycles. The second kappa shape index (κ2) is 9.09. The first-order valence-electron chi connectivity index (χ1n) is 10.2. The molecule has 7 nitrogen and oxygen atoms in total. The molecule has 31 heavy (non-hydrogen) atoms. The molecule has 2 aliphatic rings. The minimum Gasteiger partial charge on any atom is -0.458 e. The molecule has 1 aromatic heterocycles. The van der Waals surface area contributed by atoms with Crippen LogP contribution >= 0.6 is 0 Å². The van der Waals surface area contributed by atoms with Gasteiger partial charge in [-0.25, -0.2) is 4.98 Å². The lowest BCUT2D eigenvalue weighted by molar-refractivity contribution is -0.141. The third kappa shape index (κ3) is 5.25. The Hall–Kier alpha value is -2.88. The summed E-state index contributed by atoms with van der Waals surface area (Å²) in [6.07, 6.45) is -2.72. The molecule has 0 N–H and O–H groups in total. The van der Waals surface area contributed by atoms with Crippen molar-refractivity contribution in [2.24, 2.45) is 0 Å². The van der Waals surface area contributed by atoms with Crippen molar-refractivity contribution in [1.82, 2.24) is 14.9 Å². The van der Waals surface area contributed by atoms with Gasteiger partial charge >= 0.3 is 12.2 Å². The molecule has 1 atom stereocenters. The molecule has 3 heterocycles. The minimum atomic E-state index is -4.57. The Morgan fingerprint density at radius 3 is 2.55 bits per heavy atom. The Labute approximate surface area is 177 Å². The SMILES string of the molecule is O=C(c1ccc(N2CCOCC2)cc1)N1CCCC(Oc2nccc(C(F)(F)F)n2)C1. The summed E-state index contributed by atoms with van der Waals surface area (Å²) in [6.45, 7) is 3.83. The van der Waals surface area contributed by atoms with E-state index in [1.165, 1.54) is 0 Å². The summed E-state index contributed by atoms with van der Waals surface area (Å²) >= 11 is 0. The highest BCUT2D eigenvalue weighted by molar-refractivity contribution is 5.94. The summed E-state index contributed by atoms with van der Waals surface area (Å²) in [7, 11) is 0. The van der Waals surface area contributed by atoms with Gasteiger partial charge < -0.3 is 19.3 Å². The summed E-state index contributed by atoms with van der Waals surface area (Å²) in [6, 6.07) is 7.91. The smallest absolute Gasteiger partial charge is 0.433 e. The predicted molar refractivity (Wildman–Crippen MR) is 106 cm³/mol. The number of likely N-dealkylation sites (tertiary alicyclic amines) is 1.